The molecule has 0 bridgehead atoms. The van der Waals surface area contributed by atoms with E-state index in [0.29, 0.717) is 16.2 Å². The summed E-state index contributed by atoms with van der Waals surface area (Å²) in [5.74, 6) is 0. The minimum atomic E-state index is -0.228. The summed E-state index contributed by atoms with van der Waals surface area (Å²) in [6.07, 6.45) is 6.34. The second-order valence-electron chi connectivity index (χ2n) is 4.13. The van der Waals surface area contributed by atoms with Gasteiger partial charge in [0, 0.05) is 12.4 Å². The van der Waals surface area contributed by atoms with Crippen LogP contribution in [0.25, 0.3) is 0 Å². The Labute approximate surface area is 138 Å². The van der Waals surface area contributed by atoms with Crippen LogP contribution < -0.4 is 9.67 Å². The molecular weight excluding hydrogens is 332 g/mol. The largest absolute Gasteiger partial charge is 0.340 e. The number of hydrogen-bond donors (Lipinski definition) is 0. The van der Waals surface area contributed by atoms with E-state index in [2.05, 4.69) is 25.3 Å². The molecule has 0 aliphatic rings. The van der Waals surface area contributed by atoms with E-state index in [1.165, 1.54) is 27.4 Å². The first kappa shape index (κ1) is 15.1. The van der Waals surface area contributed by atoms with Gasteiger partial charge in [0.05, 0.1) is 23.8 Å². The summed E-state index contributed by atoms with van der Waals surface area (Å²) in [6.45, 7) is 0. The molecule has 0 aromatic carbocycles. The van der Waals surface area contributed by atoms with E-state index in [9.17, 15) is 4.79 Å². The quantitative estimate of drug-likeness (QED) is 0.410. The maximum absolute atomic E-state index is 11.8. The van der Waals surface area contributed by atoms with Crippen LogP contribution in [0.3, 0.4) is 0 Å². The normalized spacial score (nSPS) is 12.4. The Morgan fingerprint density at radius 2 is 1.65 bits per heavy atom. The fraction of sp³-hybridized carbons (Fsp3) is 0. The van der Waals surface area contributed by atoms with E-state index in [-0.39, 0.29) is 4.87 Å². The lowest BCUT2D eigenvalue weighted by atomic mass is 10.4. The third-order valence-electron chi connectivity index (χ3n) is 2.56. The van der Waals surface area contributed by atoms with Gasteiger partial charge in [-0.05, 0) is 44.9 Å². The summed E-state index contributed by atoms with van der Waals surface area (Å²) in [4.78, 5) is 20.2. The van der Waals surface area contributed by atoms with Crippen molar-refractivity contribution in [1.82, 2.24) is 14.6 Å². The average molecular weight is 342 g/mol. The van der Waals surface area contributed by atoms with Gasteiger partial charge in [0.1, 0.15) is 0 Å². The van der Waals surface area contributed by atoms with Gasteiger partial charge in [-0.15, -0.1) is 5.10 Å². The number of aromatic nitrogens is 3. The van der Waals surface area contributed by atoms with Crippen LogP contribution in [0.5, 0.6) is 0 Å². The van der Waals surface area contributed by atoms with Crippen molar-refractivity contribution in [2.45, 2.75) is 0 Å². The number of pyridine rings is 2. The molecule has 0 saturated carbocycles. The minimum absolute atomic E-state index is 0.228. The summed E-state index contributed by atoms with van der Waals surface area (Å²) >= 11 is 0. The summed E-state index contributed by atoms with van der Waals surface area (Å²) in [5.41, 5.74) is 1.33. The molecular formula is C14H10N6OS2. The van der Waals surface area contributed by atoms with Crippen molar-refractivity contribution in [2.75, 3.05) is 0 Å². The third kappa shape index (κ3) is 4.11. The van der Waals surface area contributed by atoms with Crippen molar-refractivity contribution in [3.63, 3.8) is 0 Å². The molecule has 0 aliphatic heterocycles. The van der Waals surface area contributed by atoms with Crippen LogP contribution in [0.15, 0.2) is 68.9 Å². The molecule has 9 heteroatoms. The summed E-state index contributed by atoms with van der Waals surface area (Å²) in [7, 11) is 2.25. The van der Waals surface area contributed by atoms with Gasteiger partial charge in [0.2, 0.25) is 4.80 Å². The number of hydrogen-bond acceptors (Lipinski definition) is 8. The molecule has 3 rings (SSSR count). The second kappa shape index (κ2) is 7.47. The van der Waals surface area contributed by atoms with Gasteiger partial charge < -0.3 is 0 Å². The van der Waals surface area contributed by atoms with Crippen LogP contribution in [-0.4, -0.2) is 27.1 Å². The van der Waals surface area contributed by atoms with Gasteiger partial charge in [0.15, 0.2) is 0 Å². The molecule has 3 aromatic heterocycles. The maximum atomic E-state index is 11.8. The maximum Gasteiger partial charge on any atom is 0.340 e. The standard InChI is InChI=1S/C14H10N6OS2/c21-14-20(18-10-12-6-2-4-8-16-12)13(22-23-14)19-17-9-11-5-1-3-7-15-11/h1-10H/b17-9+,18-10+,19-13+. The summed E-state index contributed by atoms with van der Waals surface area (Å²) in [5, 5.41) is 12.1. The van der Waals surface area contributed by atoms with Gasteiger partial charge in [-0.1, -0.05) is 12.1 Å². The Bertz CT molecular complexity index is 940. The van der Waals surface area contributed by atoms with Crippen molar-refractivity contribution in [1.29, 1.82) is 0 Å². The van der Waals surface area contributed by atoms with Crippen molar-refractivity contribution in [3.8, 4) is 0 Å². The Morgan fingerprint density at radius 3 is 2.30 bits per heavy atom. The Balaban J connectivity index is 1.87. The Kier molecular flexibility index (Phi) is 4.92. The van der Waals surface area contributed by atoms with E-state index in [0.717, 1.165) is 10.3 Å². The number of rotatable bonds is 4. The first-order valence-electron chi connectivity index (χ1n) is 6.48. The van der Waals surface area contributed by atoms with Gasteiger partial charge in [-0.2, -0.15) is 14.9 Å². The zero-order valence-corrected chi connectivity index (χ0v) is 13.3. The molecule has 23 heavy (non-hydrogen) atoms. The van der Waals surface area contributed by atoms with Gasteiger partial charge in [-0.3, -0.25) is 14.8 Å². The second-order valence-corrected chi connectivity index (χ2v) is 6.17. The van der Waals surface area contributed by atoms with Crippen LogP contribution in [0.4, 0.5) is 0 Å². The van der Waals surface area contributed by atoms with Crippen molar-refractivity contribution < 1.29 is 0 Å². The topological polar surface area (TPSA) is 84.9 Å². The third-order valence-corrected chi connectivity index (χ3v) is 4.48. The lowest BCUT2D eigenvalue weighted by Gasteiger charge is -1.91. The van der Waals surface area contributed by atoms with E-state index < -0.39 is 0 Å². The number of nitrogens with zero attached hydrogens (tertiary/aromatic N) is 6. The van der Waals surface area contributed by atoms with E-state index in [1.807, 2.05) is 30.3 Å². The molecule has 114 valence electrons. The molecule has 0 saturated heterocycles. The molecule has 0 radical (unpaired) electrons. The molecule has 0 amide bonds. The zero-order valence-electron chi connectivity index (χ0n) is 11.7. The van der Waals surface area contributed by atoms with Crippen LogP contribution in [-0.2, 0) is 0 Å². The highest BCUT2D eigenvalue weighted by atomic mass is 32.9. The van der Waals surface area contributed by atoms with Gasteiger partial charge >= 0.3 is 4.87 Å². The van der Waals surface area contributed by atoms with Crippen LogP contribution in [0.2, 0.25) is 0 Å². The SMILES string of the molecule is O=c1ss/c(=N/N=C/c2ccccn2)n1/N=C/c1ccccn1. The predicted octanol–water partition coefficient (Wildman–Crippen LogP) is 1.58. The minimum Gasteiger partial charge on any atom is -0.255 e. The molecule has 0 atom stereocenters. The summed E-state index contributed by atoms with van der Waals surface area (Å²) in [6, 6.07) is 10.9. The highest BCUT2D eigenvalue weighted by molar-refractivity contribution is 7.67. The highest BCUT2D eigenvalue weighted by Gasteiger charge is 2.00. The van der Waals surface area contributed by atoms with Gasteiger partial charge in [-0.25, -0.2) is 0 Å². The average Bonchev–Trinajstić information content (AvgIpc) is 2.95. The monoisotopic (exact) mass is 342 g/mol. The van der Waals surface area contributed by atoms with Gasteiger partial charge in [0.25, 0.3) is 0 Å². The molecule has 0 aliphatic carbocycles. The Hall–Kier alpha value is -2.78. The van der Waals surface area contributed by atoms with Crippen molar-refractivity contribution in [2.24, 2.45) is 15.3 Å². The van der Waals surface area contributed by atoms with E-state index in [1.54, 1.807) is 18.5 Å². The van der Waals surface area contributed by atoms with Crippen molar-refractivity contribution >= 4 is 33.1 Å². The fourth-order valence-corrected chi connectivity index (χ4v) is 3.19. The highest BCUT2D eigenvalue weighted by Crippen LogP contribution is 1.94. The smallest absolute Gasteiger partial charge is 0.255 e. The molecule has 0 unspecified atom stereocenters. The molecule has 0 N–H and O–H groups in total. The molecule has 3 aromatic rings. The van der Waals surface area contributed by atoms with Crippen LogP contribution >= 0.6 is 20.7 Å². The summed E-state index contributed by atoms with van der Waals surface area (Å²) < 4.78 is 1.19. The molecule has 0 fully saturated rings. The lowest BCUT2D eigenvalue weighted by Crippen LogP contribution is -2.20. The van der Waals surface area contributed by atoms with E-state index in [4.69, 9.17) is 0 Å². The van der Waals surface area contributed by atoms with E-state index >= 15 is 0 Å². The lowest BCUT2D eigenvalue weighted by molar-refractivity contribution is 0.807. The Morgan fingerprint density at radius 1 is 0.957 bits per heavy atom. The fourth-order valence-electron chi connectivity index (χ4n) is 1.54. The van der Waals surface area contributed by atoms with Crippen molar-refractivity contribution in [3.05, 3.63) is 74.6 Å². The van der Waals surface area contributed by atoms with Crippen LogP contribution in [0, 0.1) is 0 Å². The molecule has 3 heterocycles. The first-order chi connectivity index (χ1) is 11.3. The molecule has 7 nitrogen and oxygen atoms in total. The molecule has 0 spiro atoms. The first-order valence-corrected chi connectivity index (χ1v) is 8.63. The zero-order chi connectivity index (χ0) is 15.9. The predicted molar refractivity (Wildman–Crippen MR) is 91.1 cm³/mol. The van der Waals surface area contributed by atoms with Crippen LogP contribution in [0.1, 0.15) is 11.4 Å².